The van der Waals surface area contributed by atoms with Crippen molar-refractivity contribution in [1.29, 1.82) is 0 Å². The molecule has 6 heteroatoms. The van der Waals surface area contributed by atoms with E-state index in [1.165, 1.54) is 0 Å². The quantitative estimate of drug-likeness (QED) is 0.682. The second-order valence-corrected chi connectivity index (χ2v) is 6.57. The van der Waals surface area contributed by atoms with Crippen LogP contribution in [-0.4, -0.2) is 39.5 Å². The summed E-state index contributed by atoms with van der Waals surface area (Å²) in [5.41, 5.74) is 2.06. The van der Waals surface area contributed by atoms with Crippen LogP contribution < -0.4 is 5.32 Å². The number of aliphatic hydroxyl groups excluding tert-OH is 2. The van der Waals surface area contributed by atoms with Crippen molar-refractivity contribution in [2.45, 2.75) is 24.8 Å². The number of nitrogens with zero attached hydrogens (tertiary/aromatic N) is 1. The molecule has 2 atom stereocenters. The molecule has 2 rings (SSSR count). The van der Waals surface area contributed by atoms with Crippen LogP contribution in [0.2, 0.25) is 0 Å². The highest BCUT2D eigenvalue weighted by molar-refractivity contribution is 7.98. The molecular formula is C18H22N2O3S. The summed E-state index contributed by atoms with van der Waals surface area (Å²) in [4.78, 5) is 16.4. The Kier molecular flexibility index (Phi) is 7.24. The van der Waals surface area contributed by atoms with E-state index in [9.17, 15) is 15.0 Å². The van der Waals surface area contributed by atoms with Gasteiger partial charge in [0.25, 0.3) is 5.91 Å². The van der Waals surface area contributed by atoms with Gasteiger partial charge in [0.05, 0.1) is 18.3 Å². The first-order chi connectivity index (χ1) is 11.7. The maximum absolute atomic E-state index is 12.3. The lowest BCUT2D eigenvalue weighted by Gasteiger charge is -2.22. The fourth-order valence-corrected chi connectivity index (χ4v) is 2.84. The zero-order valence-electron chi connectivity index (χ0n) is 13.6. The Morgan fingerprint density at radius 1 is 1.25 bits per heavy atom. The Bertz CT molecular complexity index is 634. The molecule has 24 heavy (non-hydrogen) atoms. The van der Waals surface area contributed by atoms with Gasteiger partial charge in [-0.3, -0.25) is 9.78 Å². The minimum absolute atomic E-state index is 0.335. The number of pyridine rings is 1. The summed E-state index contributed by atoms with van der Waals surface area (Å²) in [6, 6.07) is 11.7. The van der Waals surface area contributed by atoms with Gasteiger partial charge >= 0.3 is 0 Å². The van der Waals surface area contributed by atoms with Crippen molar-refractivity contribution in [3.05, 3.63) is 65.5 Å². The molecule has 3 N–H and O–H groups in total. The number of carbonyl (C=O) groups excluding carboxylic acids is 1. The molecule has 0 aliphatic heterocycles. The van der Waals surface area contributed by atoms with Crippen molar-refractivity contribution >= 4 is 17.7 Å². The average Bonchev–Trinajstić information content (AvgIpc) is 2.64. The van der Waals surface area contributed by atoms with E-state index >= 15 is 0 Å². The summed E-state index contributed by atoms with van der Waals surface area (Å²) in [6.07, 6.45) is 0.488. The summed E-state index contributed by atoms with van der Waals surface area (Å²) in [6.45, 7) is 1.73. The fraction of sp³-hybridized carbons (Fsp3) is 0.333. The van der Waals surface area contributed by atoms with Gasteiger partial charge in [-0.1, -0.05) is 25.1 Å². The topological polar surface area (TPSA) is 82.5 Å². The summed E-state index contributed by atoms with van der Waals surface area (Å²) in [7, 11) is 0. The molecule has 5 nitrogen and oxygen atoms in total. The maximum atomic E-state index is 12.3. The van der Waals surface area contributed by atoms with Crippen LogP contribution in [0.5, 0.6) is 0 Å². The van der Waals surface area contributed by atoms with Crippen LogP contribution in [0.3, 0.4) is 0 Å². The Morgan fingerprint density at radius 2 is 2.00 bits per heavy atom. The Balaban J connectivity index is 2.01. The lowest BCUT2D eigenvalue weighted by atomic mass is 10.1. The average molecular weight is 346 g/mol. The van der Waals surface area contributed by atoms with E-state index in [0.717, 1.165) is 17.1 Å². The van der Waals surface area contributed by atoms with Crippen LogP contribution in [-0.2, 0) is 5.75 Å². The number of thioether (sulfide) groups is 1. The number of aromatic nitrogens is 1. The standard InChI is InChI=1S/C18H22N2O3S/c1-2-24-12-13-6-8-14(9-7-13)18(23)20-16(11-21)17(22)15-5-3-4-10-19-15/h3-10,16-17,21-22H,2,11-12H2,1H3,(H,20,23)/t16-,17+/m0/s1. The van der Waals surface area contributed by atoms with Gasteiger partial charge in [0.15, 0.2) is 0 Å². The number of hydrogen-bond donors (Lipinski definition) is 3. The molecule has 0 fully saturated rings. The lowest BCUT2D eigenvalue weighted by molar-refractivity contribution is 0.0688. The van der Waals surface area contributed by atoms with Crippen molar-refractivity contribution in [2.24, 2.45) is 0 Å². The molecule has 1 aromatic carbocycles. The molecule has 1 heterocycles. The largest absolute Gasteiger partial charge is 0.394 e. The Hall–Kier alpha value is -1.89. The SMILES string of the molecule is CCSCc1ccc(C(=O)N[C@@H](CO)[C@H](O)c2ccccn2)cc1. The van der Waals surface area contributed by atoms with E-state index in [1.807, 2.05) is 23.9 Å². The van der Waals surface area contributed by atoms with Gasteiger partial charge in [-0.15, -0.1) is 0 Å². The molecule has 0 spiro atoms. The van der Waals surface area contributed by atoms with Crippen molar-refractivity contribution in [3.63, 3.8) is 0 Å². The number of rotatable bonds is 8. The summed E-state index contributed by atoms with van der Waals surface area (Å²) >= 11 is 1.82. The molecule has 0 saturated carbocycles. The van der Waals surface area contributed by atoms with E-state index in [0.29, 0.717) is 11.3 Å². The van der Waals surface area contributed by atoms with Crippen molar-refractivity contribution in [3.8, 4) is 0 Å². The first kappa shape index (κ1) is 18.4. The van der Waals surface area contributed by atoms with Gasteiger partial charge in [-0.25, -0.2) is 0 Å². The Labute approximate surface area is 146 Å². The molecule has 0 radical (unpaired) electrons. The van der Waals surface area contributed by atoms with Gasteiger partial charge in [-0.05, 0) is 35.6 Å². The molecule has 0 aliphatic rings. The molecule has 2 aromatic rings. The third-order valence-electron chi connectivity index (χ3n) is 3.57. The Morgan fingerprint density at radius 3 is 2.58 bits per heavy atom. The molecule has 0 aliphatic carbocycles. The third-order valence-corrected chi connectivity index (χ3v) is 4.52. The zero-order chi connectivity index (χ0) is 17.4. The van der Waals surface area contributed by atoms with Crippen molar-refractivity contribution in [2.75, 3.05) is 12.4 Å². The van der Waals surface area contributed by atoms with Crippen LogP contribution in [0.15, 0.2) is 48.7 Å². The van der Waals surface area contributed by atoms with E-state index < -0.39 is 12.1 Å². The zero-order valence-corrected chi connectivity index (χ0v) is 14.4. The van der Waals surface area contributed by atoms with E-state index in [2.05, 4.69) is 17.2 Å². The molecular weight excluding hydrogens is 324 g/mol. The van der Waals surface area contributed by atoms with Crippen LogP contribution in [0.4, 0.5) is 0 Å². The van der Waals surface area contributed by atoms with Gasteiger partial charge in [0, 0.05) is 17.5 Å². The predicted octanol–water partition coefficient (Wildman–Crippen LogP) is 2.16. The second kappa shape index (κ2) is 9.42. The van der Waals surface area contributed by atoms with Gasteiger partial charge < -0.3 is 15.5 Å². The molecule has 0 unspecified atom stereocenters. The molecule has 1 amide bonds. The first-order valence-corrected chi connectivity index (χ1v) is 8.98. The fourth-order valence-electron chi connectivity index (χ4n) is 2.21. The van der Waals surface area contributed by atoms with Gasteiger partial charge in [0.2, 0.25) is 0 Å². The summed E-state index contributed by atoms with van der Waals surface area (Å²) in [5, 5.41) is 22.4. The van der Waals surface area contributed by atoms with Crippen molar-refractivity contribution < 1.29 is 15.0 Å². The highest BCUT2D eigenvalue weighted by atomic mass is 32.2. The minimum atomic E-state index is -1.07. The molecule has 1 aromatic heterocycles. The van der Waals surface area contributed by atoms with Crippen LogP contribution in [0, 0.1) is 0 Å². The predicted molar refractivity (Wildman–Crippen MR) is 95.8 cm³/mol. The first-order valence-electron chi connectivity index (χ1n) is 7.83. The number of amides is 1. The number of hydrogen-bond acceptors (Lipinski definition) is 5. The van der Waals surface area contributed by atoms with E-state index in [-0.39, 0.29) is 12.5 Å². The number of nitrogens with one attached hydrogen (secondary N) is 1. The smallest absolute Gasteiger partial charge is 0.251 e. The number of aliphatic hydroxyl groups is 2. The highest BCUT2D eigenvalue weighted by Gasteiger charge is 2.23. The summed E-state index contributed by atoms with van der Waals surface area (Å²) < 4.78 is 0. The normalized spacial score (nSPS) is 13.3. The van der Waals surface area contributed by atoms with E-state index in [4.69, 9.17) is 0 Å². The van der Waals surface area contributed by atoms with Gasteiger partial charge in [0.1, 0.15) is 6.10 Å². The van der Waals surface area contributed by atoms with Crippen LogP contribution in [0.1, 0.15) is 34.6 Å². The minimum Gasteiger partial charge on any atom is -0.394 e. The molecule has 0 bridgehead atoms. The van der Waals surface area contributed by atoms with Gasteiger partial charge in [-0.2, -0.15) is 11.8 Å². The van der Waals surface area contributed by atoms with Crippen LogP contribution in [0.25, 0.3) is 0 Å². The number of benzene rings is 1. The highest BCUT2D eigenvalue weighted by Crippen LogP contribution is 2.16. The second-order valence-electron chi connectivity index (χ2n) is 5.30. The number of carbonyl (C=O) groups is 1. The van der Waals surface area contributed by atoms with Crippen LogP contribution >= 0.6 is 11.8 Å². The molecule has 0 saturated heterocycles. The third kappa shape index (κ3) is 5.06. The van der Waals surface area contributed by atoms with Crippen molar-refractivity contribution in [1.82, 2.24) is 10.3 Å². The lowest BCUT2D eigenvalue weighted by Crippen LogP contribution is -2.42. The van der Waals surface area contributed by atoms with E-state index in [1.54, 1.807) is 36.5 Å². The molecule has 128 valence electrons. The maximum Gasteiger partial charge on any atom is 0.251 e. The summed E-state index contributed by atoms with van der Waals surface area (Å²) in [5.74, 6) is 1.63. The monoisotopic (exact) mass is 346 g/mol.